The Hall–Kier alpha value is -1.10. The minimum Gasteiger partial charge on any atom is -0.481 e. The third-order valence-corrected chi connectivity index (χ3v) is 4.00. The van der Waals surface area contributed by atoms with Crippen LogP contribution in [0.3, 0.4) is 0 Å². The summed E-state index contributed by atoms with van der Waals surface area (Å²) in [6.07, 6.45) is 3.35. The van der Waals surface area contributed by atoms with Gasteiger partial charge in [0.2, 0.25) is 0 Å². The van der Waals surface area contributed by atoms with E-state index in [1.54, 1.807) is 27.7 Å². The molecule has 0 aliphatic heterocycles. The maximum atomic E-state index is 11.3. The van der Waals surface area contributed by atoms with Gasteiger partial charge in [-0.05, 0) is 47.0 Å². The summed E-state index contributed by atoms with van der Waals surface area (Å²) in [6, 6.07) is 0. The van der Waals surface area contributed by atoms with Gasteiger partial charge in [0.05, 0.1) is 16.9 Å². The lowest BCUT2D eigenvalue weighted by Crippen LogP contribution is -2.39. The van der Waals surface area contributed by atoms with E-state index in [1.807, 2.05) is 6.92 Å². The highest BCUT2D eigenvalue weighted by Gasteiger charge is 2.37. The van der Waals surface area contributed by atoms with Crippen LogP contribution in [0.15, 0.2) is 0 Å². The second-order valence-electron chi connectivity index (χ2n) is 6.82. The van der Waals surface area contributed by atoms with E-state index in [2.05, 4.69) is 0 Å². The van der Waals surface area contributed by atoms with Crippen LogP contribution in [-0.4, -0.2) is 34.9 Å². The fraction of sp³-hybridized carbons (Fsp3) is 0.875. The van der Waals surface area contributed by atoms with Crippen molar-refractivity contribution in [2.24, 2.45) is 10.8 Å². The predicted molar refractivity (Wildman–Crippen MR) is 81.3 cm³/mol. The molecule has 0 rings (SSSR count). The van der Waals surface area contributed by atoms with E-state index >= 15 is 0 Å². The molecule has 0 aliphatic carbocycles. The quantitative estimate of drug-likeness (QED) is 0.570. The third-order valence-electron chi connectivity index (χ3n) is 4.00. The Morgan fingerprint density at radius 2 is 1.62 bits per heavy atom. The van der Waals surface area contributed by atoms with E-state index in [1.165, 1.54) is 0 Å². The lowest BCUT2D eigenvalue weighted by atomic mass is 9.84. The summed E-state index contributed by atoms with van der Waals surface area (Å²) in [7, 11) is 0. The summed E-state index contributed by atoms with van der Waals surface area (Å²) in [5.41, 5.74) is -1.63. The number of ether oxygens (including phenoxy) is 1. The Labute approximate surface area is 127 Å². The van der Waals surface area contributed by atoms with Crippen molar-refractivity contribution in [3.05, 3.63) is 0 Å². The number of carboxylic acids is 2. The van der Waals surface area contributed by atoms with Crippen molar-refractivity contribution < 1.29 is 24.5 Å². The van der Waals surface area contributed by atoms with Crippen LogP contribution in [0.2, 0.25) is 0 Å². The first-order chi connectivity index (χ1) is 9.55. The first kappa shape index (κ1) is 19.9. The molecule has 0 aromatic rings. The summed E-state index contributed by atoms with van der Waals surface area (Å²) in [6.45, 7) is 9.26. The van der Waals surface area contributed by atoms with E-state index in [0.717, 1.165) is 19.3 Å². The number of rotatable bonds is 11. The van der Waals surface area contributed by atoms with Gasteiger partial charge < -0.3 is 14.9 Å². The largest absolute Gasteiger partial charge is 0.481 e. The maximum Gasteiger partial charge on any atom is 0.311 e. The van der Waals surface area contributed by atoms with Gasteiger partial charge in [-0.1, -0.05) is 19.8 Å². The van der Waals surface area contributed by atoms with Crippen LogP contribution in [0.1, 0.15) is 66.7 Å². The molecule has 0 fully saturated rings. The zero-order valence-corrected chi connectivity index (χ0v) is 13.9. The van der Waals surface area contributed by atoms with Crippen LogP contribution in [0.25, 0.3) is 0 Å². The molecule has 0 aromatic carbocycles. The lowest BCUT2D eigenvalue weighted by molar-refractivity contribution is -0.157. The molecule has 0 spiro atoms. The lowest BCUT2D eigenvalue weighted by Gasteiger charge is -2.30. The summed E-state index contributed by atoms with van der Waals surface area (Å²) >= 11 is 0. The first-order valence-corrected chi connectivity index (χ1v) is 7.64. The Morgan fingerprint density at radius 1 is 1.05 bits per heavy atom. The predicted octanol–water partition coefficient (Wildman–Crippen LogP) is 3.56. The summed E-state index contributed by atoms with van der Waals surface area (Å²) in [5, 5.41) is 18.3. The number of aliphatic carboxylic acids is 2. The van der Waals surface area contributed by atoms with Crippen molar-refractivity contribution in [1.29, 1.82) is 0 Å². The molecule has 124 valence electrons. The zero-order chi connectivity index (χ0) is 16.7. The molecule has 0 saturated heterocycles. The Morgan fingerprint density at radius 3 is 2.05 bits per heavy atom. The SMILES string of the molecule is CCCC(OCCCCC(C)(C)C(=O)O)C(C)(C)C(=O)O. The average Bonchev–Trinajstić information content (AvgIpc) is 2.36. The highest BCUT2D eigenvalue weighted by atomic mass is 16.5. The first-order valence-electron chi connectivity index (χ1n) is 7.64. The Bertz CT molecular complexity index is 347. The highest BCUT2D eigenvalue weighted by Crippen LogP contribution is 2.28. The summed E-state index contributed by atoms with van der Waals surface area (Å²) in [5.74, 6) is -1.65. The fourth-order valence-corrected chi connectivity index (χ4v) is 2.05. The number of hydrogen-bond acceptors (Lipinski definition) is 3. The van der Waals surface area contributed by atoms with Gasteiger partial charge in [-0.25, -0.2) is 0 Å². The standard InChI is InChI=1S/C16H30O5/c1-6-9-12(16(4,5)14(19)20)21-11-8-7-10-15(2,3)13(17)18/h12H,6-11H2,1-5H3,(H,17,18)(H,19,20). The van der Waals surface area contributed by atoms with E-state index < -0.39 is 22.8 Å². The molecule has 0 aromatic heterocycles. The molecule has 21 heavy (non-hydrogen) atoms. The van der Waals surface area contributed by atoms with Gasteiger partial charge in [-0.2, -0.15) is 0 Å². The molecule has 1 unspecified atom stereocenters. The van der Waals surface area contributed by atoms with Crippen molar-refractivity contribution in [1.82, 2.24) is 0 Å². The van der Waals surface area contributed by atoms with Crippen LogP contribution in [0.5, 0.6) is 0 Å². The molecule has 0 bridgehead atoms. The van der Waals surface area contributed by atoms with Gasteiger partial charge in [-0.15, -0.1) is 0 Å². The van der Waals surface area contributed by atoms with E-state index in [4.69, 9.17) is 9.84 Å². The van der Waals surface area contributed by atoms with Crippen LogP contribution in [0.4, 0.5) is 0 Å². The van der Waals surface area contributed by atoms with Gasteiger partial charge in [0.15, 0.2) is 0 Å². The molecule has 0 aliphatic rings. The van der Waals surface area contributed by atoms with Crippen molar-refractivity contribution in [3.8, 4) is 0 Å². The molecule has 1 atom stereocenters. The van der Waals surface area contributed by atoms with E-state index in [9.17, 15) is 14.7 Å². The van der Waals surface area contributed by atoms with Crippen LogP contribution in [-0.2, 0) is 14.3 Å². The minimum absolute atomic E-state index is 0.313. The molecular weight excluding hydrogens is 272 g/mol. The second-order valence-corrected chi connectivity index (χ2v) is 6.82. The van der Waals surface area contributed by atoms with Crippen molar-refractivity contribution in [2.45, 2.75) is 72.8 Å². The molecule has 5 heteroatoms. The smallest absolute Gasteiger partial charge is 0.311 e. The highest BCUT2D eigenvalue weighted by molar-refractivity contribution is 5.74. The average molecular weight is 302 g/mol. The van der Waals surface area contributed by atoms with Gasteiger partial charge in [0, 0.05) is 6.61 Å². The van der Waals surface area contributed by atoms with Crippen LogP contribution < -0.4 is 0 Å². The number of carbonyl (C=O) groups is 2. The monoisotopic (exact) mass is 302 g/mol. The van der Waals surface area contributed by atoms with Gasteiger partial charge in [0.25, 0.3) is 0 Å². The molecule has 5 nitrogen and oxygen atoms in total. The van der Waals surface area contributed by atoms with Gasteiger partial charge in [0.1, 0.15) is 0 Å². The molecule has 2 N–H and O–H groups in total. The fourth-order valence-electron chi connectivity index (χ4n) is 2.05. The Kier molecular flexibility index (Phi) is 7.93. The molecule has 0 heterocycles. The summed E-state index contributed by atoms with van der Waals surface area (Å²) in [4.78, 5) is 22.3. The van der Waals surface area contributed by atoms with Crippen LogP contribution >= 0.6 is 0 Å². The maximum absolute atomic E-state index is 11.3. The zero-order valence-electron chi connectivity index (χ0n) is 13.9. The molecule has 0 amide bonds. The van der Waals surface area contributed by atoms with E-state index in [-0.39, 0.29) is 6.10 Å². The number of carboxylic acid groups (broad SMARTS) is 2. The van der Waals surface area contributed by atoms with Gasteiger partial charge >= 0.3 is 11.9 Å². The van der Waals surface area contributed by atoms with Crippen molar-refractivity contribution in [3.63, 3.8) is 0 Å². The molecule has 0 saturated carbocycles. The normalized spacial score (nSPS) is 14.0. The Balaban J connectivity index is 4.23. The van der Waals surface area contributed by atoms with Crippen LogP contribution in [0, 0.1) is 10.8 Å². The minimum atomic E-state index is -0.906. The third kappa shape index (κ3) is 6.46. The van der Waals surface area contributed by atoms with Crippen molar-refractivity contribution >= 4 is 11.9 Å². The number of unbranched alkanes of at least 4 members (excludes halogenated alkanes) is 1. The molecular formula is C16H30O5. The topological polar surface area (TPSA) is 83.8 Å². The second kappa shape index (κ2) is 8.37. The van der Waals surface area contributed by atoms with Gasteiger partial charge in [-0.3, -0.25) is 9.59 Å². The van der Waals surface area contributed by atoms with E-state index in [0.29, 0.717) is 19.4 Å². The molecule has 0 radical (unpaired) electrons. The number of hydrogen-bond donors (Lipinski definition) is 2. The van der Waals surface area contributed by atoms with Crippen molar-refractivity contribution in [2.75, 3.05) is 6.61 Å². The summed E-state index contributed by atoms with van der Waals surface area (Å²) < 4.78 is 5.76.